The zero-order chi connectivity index (χ0) is 29.5. The van der Waals surface area contributed by atoms with E-state index in [0.29, 0.717) is 29.7 Å². The summed E-state index contributed by atoms with van der Waals surface area (Å²) in [4.78, 5) is 40.3. The van der Waals surface area contributed by atoms with Crippen LogP contribution in [0, 0.1) is 0 Å². The predicted molar refractivity (Wildman–Crippen MR) is 174 cm³/mol. The van der Waals surface area contributed by atoms with E-state index < -0.39 is 7.26 Å². The van der Waals surface area contributed by atoms with Gasteiger partial charge in [-0.1, -0.05) is 67.6 Å². The molecular weight excluding hydrogens is 619 g/mol. The van der Waals surface area contributed by atoms with Gasteiger partial charge < -0.3 is 22.3 Å². The number of hydrogen-bond acceptors (Lipinski definition) is 3. The van der Waals surface area contributed by atoms with E-state index in [2.05, 4.69) is 96.3 Å². The van der Waals surface area contributed by atoms with Gasteiger partial charge in [0.15, 0.2) is 0 Å². The van der Waals surface area contributed by atoms with Crippen LogP contribution in [-0.4, -0.2) is 34.8 Å². The van der Waals surface area contributed by atoms with E-state index in [-0.39, 0.29) is 40.7 Å². The molecule has 222 valence electrons. The van der Waals surface area contributed by atoms with Gasteiger partial charge >= 0.3 is 0 Å². The van der Waals surface area contributed by atoms with Gasteiger partial charge in [0, 0.05) is 12.5 Å². The summed E-state index contributed by atoms with van der Waals surface area (Å²) in [5.74, 6) is -0.758. The summed E-state index contributed by atoms with van der Waals surface area (Å²) in [6.45, 7) is 3.81. The molecule has 4 aromatic rings. The van der Waals surface area contributed by atoms with Gasteiger partial charge in [-0.3, -0.25) is 19.3 Å². The summed E-state index contributed by atoms with van der Waals surface area (Å²) < 4.78 is 0. The monoisotopic (exact) mass is 656 g/mol. The summed E-state index contributed by atoms with van der Waals surface area (Å²) in [5, 5.41) is 7.02. The van der Waals surface area contributed by atoms with Crippen LogP contribution >= 0.6 is 7.26 Å². The molecule has 0 fully saturated rings. The number of unbranched alkanes of at least 4 members (excludes halogenated alkanes) is 2. The third-order valence-corrected chi connectivity index (χ3v) is 12.8. The highest BCUT2D eigenvalue weighted by Gasteiger charge is 2.44. The van der Waals surface area contributed by atoms with E-state index in [4.69, 9.17) is 0 Å². The van der Waals surface area contributed by atoms with E-state index in [1.54, 1.807) is 18.2 Å². The predicted octanol–water partition coefficient (Wildman–Crippen LogP) is 3.58. The molecule has 7 heteroatoms. The summed E-state index contributed by atoms with van der Waals surface area (Å²) in [5.41, 5.74) is 1.09. The fourth-order valence-electron chi connectivity index (χ4n) is 5.90. The first-order chi connectivity index (χ1) is 20.5. The Labute approximate surface area is 265 Å². The van der Waals surface area contributed by atoms with Crippen LogP contribution in [0.25, 0.3) is 0 Å². The third kappa shape index (κ3) is 6.66. The number of nitrogens with one attached hydrogen (secondary N) is 1. The highest BCUT2D eigenvalue weighted by molar-refractivity contribution is 7.95. The molecule has 1 N–H and O–H groups in total. The van der Waals surface area contributed by atoms with Gasteiger partial charge in [-0.05, 0) is 81.1 Å². The second-order valence-corrected chi connectivity index (χ2v) is 14.5. The second kappa shape index (κ2) is 14.7. The van der Waals surface area contributed by atoms with Crippen molar-refractivity contribution in [2.24, 2.45) is 0 Å². The number of fused-ring (bicyclic) bond motifs is 1. The molecule has 1 aliphatic rings. The van der Waals surface area contributed by atoms with Crippen molar-refractivity contribution in [3.8, 4) is 0 Å². The topological polar surface area (TPSA) is 66.5 Å². The first kappa shape index (κ1) is 32.3. The zero-order valence-electron chi connectivity index (χ0n) is 24.7. The summed E-state index contributed by atoms with van der Waals surface area (Å²) >= 11 is 0. The van der Waals surface area contributed by atoms with E-state index in [1.165, 1.54) is 20.8 Å². The summed E-state index contributed by atoms with van der Waals surface area (Å²) in [7, 11) is -1.89. The first-order valence-electron chi connectivity index (χ1n) is 14.8. The number of amides is 3. The number of halogens is 1. The van der Waals surface area contributed by atoms with Crippen molar-refractivity contribution >= 4 is 46.6 Å². The number of imide groups is 1. The van der Waals surface area contributed by atoms with Gasteiger partial charge in [-0.15, -0.1) is 0 Å². The molecule has 1 atom stereocenters. The fraction of sp³-hybridized carbons (Fsp3) is 0.250. The molecule has 0 aliphatic carbocycles. The number of carbonyl (C=O) groups excluding carboxylic acids is 3. The molecule has 3 amide bonds. The Balaban J connectivity index is 0.00000423. The van der Waals surface area contributed by atoms with Crippen molar-refractivity contribution in [2.45, 2.75) is 52.0 Å². The lowest BCUT2D eigenvalue weighted by molar-refractivity contribution is -0.116. The number of hydrogen-bond donors (Lipinski definition) is 1. The van der Waals surface area contributed by atoms with Gasteiger partial charge in [-0.2, -0.15) is 0 Å². The molecule has 1 unspecified atom stereocenters. The molecule has 0 spiro atoms. The second-order valence-electron chi connectivity index (χ2n) is 10.9. The van der Waals surface area contributed by atoms with Gasteiger partial charge in [0.2, 0.25) is 5.91 Å². The van der Waals surface area contributed by atoms with Crippen LogP contribution in [0.15, 0.2) is 109 Å². The van der Waals surface area contributed by atoms with E-state index in [0.717, 1.165) is 25.4 Å². The molecule has 5 rings (SSSR count). The Morgan fingerprint density at radius 1 is 0.721 bits per heavy atom. The lowest BCUT2D eigenvalue weighted by Gasteiger charge is -2.27. The minimum atomic E-state index is -1.89. The van der Waals surface area contributed by atoms with Gasteiger partial charge in [0.05, 0.1) is 23.0 Å². The molecule has 0 aromatic heterocycles. The molecule has 5 nitrogen and oxygen atoms in total. The minimum absolute atomic E-state index is 0. The highest BCUT2D eigenvalue weighted by atomic mass is 79.9. The standard InChI is InChI=1S/C36H37N2O3P.BrH/c1-3-27(2)38-35(40)31-23-16-24-32(34(31)36(38)41)37-33(39)25-14-7-15-26-42(28-17-8-4-9-18-28,29-19-10-5-11-20-29)30-21-12-6-13-22-30;/h4-6,8-13,16-24,27H,3,7,14-15,25-26H2,1-2H3;1H. The normalized spacial score (nSPS) is 13.3. The molecule has 1 heterocycles. The van der Waals surface area contributed by atoms with Crippen molar-refractivity contribution < 1.29 is 31.4 Å². The number of benzene rings is 4. The van der Waals surface area contributed by atoms with Crippen LogP contribution in [0.1, 0.15) is 66.7 Å². The van der Waals surface area contributed by atoms with Crippen LogP contribution < -0.4 is 38.2 Å². The van der Waals surface area contributed by atoms with Crippen LogP contribution in [-0.2, 0) is 4.79 Å². The Morgan fingerprint density at radius 2 is 1.26 bits per heavy atom. The molecule has 1 aliphatic heterocycles. The quantitative estimate of drug-likeness (QED) is 0.144. The maximum atomic E-state index is 13.1. The minimum Gasteiger partial charge on any atom is -1.00 e. The average Bonchev–Trinajstić information content (AvgIpc) is 3.30. The molecular formula is C36H38BrN2O3P. The van der Waals surface area contributed by atoms with Crippen LogP contribution in [0.4, 0.5) is 5.69 Å². The average molecular weight is 658 g/mol. The molecule has 0 bridgehead atoms. The van der Waals surface area contributed by atoms with Crippen molar-refractivity contribution in [1.82, 2.24) is 4.90 Å². The number of anilines is 1. The number of nitrogens with zero attached hydrogens (tertiary/aromatic N) is 1. The van der Waals surface area contributed by atoms with E-state index in [1.807, 2.05) is 13.8 Å². The van der Waals surface area contributed by atoms with Crippen molar-refractivity contribution in [3.05, 3.63) is 120 Å². The largest absolute Gasteiger partial charge is 1.00 e. The molecule has 0 saturated heterocycles. The van der Waals surface area contributed by atoms with Gasteiger partial charge in [0.1, 0.15) is 23.2 Å². The van der Waals surface area contributed by atoms with Crippen molar-refractivity contribution in [3.63, 3.8) is 0 Å². The zero-order valence-corrected chi connectivity index (χ0v) is 27.2. The van der Waals surface area contributed by atoms with Crippen LogP contribution in [0.2, 0.25) is 0 Å². The molecule has 43 heavy (non-hydrogen) atoms. The van der Waals surface area contributed by atoms with Crippen LogP contribution in [0.5, 0.6) is 0 Å². The molecule has 0 saturated carbocycles. The number of rotatable bonds is 12. The first-order valence-corrected chi connectivity index (χ1v) is 16.8. The highest BCUT2D eigenvalue weighted by Crippen LogP contribution is 2.56. The van der Waals surface area contributed by atoms with Crippen LogP contribution in [0.3, 0.4) is 0 Å². The maximum absolute atomic E-state index is 13.1. The third-order valence-electron chi connectivity index (χ3n) is 8.24. The lowest BCUT2D eigenvalue weighted by Crippen LogP contribution is -3.00. The Hall–Kier alpha value is -3.60. The Kier molecular flexibility index (Phi) is 11.1. The van der Waals surface area contributed by atoms with E-state index in [9.17, 15) is 14.4 Å². The number of carbonyl (C=O) groups is 3. The lowest BCUT2D eigenvalue weighted by atomic mass is 10.1. The van der Waals surface area contributed by atoms with E-state index >= 15 is 0 Å². The fourth-order valence-corrected chi connectivity index (χ4v) is 10.3. The van der Waals surface area contributed by atoms with Gasteiger partial charge in [0.25, 0.3) is 11.8 Å². The Bertz CT molecular complexity index is 1450. The summed E-state index contributed by atoms with van der Waals surface area (Å²) in [6, 6.07) is 37.4. The molecule has 0 radical (unpaired) electrons. The molecule has 4 aromatic carbocycles. The van der Waals surface area contributed by atoms with Crippen molar-refractivity contribution in [2.75, 3.05) is 11.5 Å². The smallest absolute Gasteiger partial charge is 0.263 e. The van der Waals surface area contributed by atoms with Crippen molar-refractivity contribution in [1.29, 1.82) is 0 Å². The SMILES string of the molecule is CCC(C)N1C(=O)c2cccc(NC(=O)CCCCC[P+](c3ccccc3)(c3ccccc3)c3ccccc3)c2C1=O.[Br-]. The summed E-state index contributed by atoms with van der Waals surface area (Å²) in [6.07, 6.45) is 4.68. The Morgan fingerprint density at radius 3 is 1.77 bits per heavy atom. The maximum Gasteiger partial charge on any atom is 0.263 e. The van der Waals surface area contributed by atoms with Gasteiger partial charge in [-0.25, -0.2) is 0 Å².